The number of hydrogen-bond acceptors (Lipinski definition) is 5. The largest absolute Gasteiger partial charge is 0.401 e. The predicted octanol–water partition coefficient (Wildman–Crippen LogP) is 1.84. The molecular formula is C12H19F3N4O. The molecule has 1 saturated heterocycles. The lowest BCUT2D eigenvalue weighted by Crippen LogP contribution is -2.59. The van der Waals surface area contributed by atoms with Gasteiger partial charge in [-0.3, -0.25) is 9.80 Å². The molecule has 1 aliphatic heterocycles. The van der Waals surface area contributed by atoms with Gasteiger partial charge in [0.25, 0.3) is 0 Å². The van der Waals surface area contributed by atoms with Gasteiger partial charge in [-0.05, 0) is 20.8 Å². The van der Waals surface area contributed by atoms with E-state index in [0.29, 0.717) is 37.9 Å². The van der Waals surface area contributed by atoms with Crippen molar-refractivity contribution >= 4 is 0 Å². The second kappa shape index (κ2) is 5.33. The zero-order chi connectivity index (χ0) is 15.0. The Balaban J connectivity index is 1.97. The van der Waals surface area contributed by atoms with E-state index in [9.17, 15) is 13.2 Å². The van der Waals surface area contributed by atoms with Gasteiger partial charge in [-0.2, -0.15) is 18.2 Å². The van der Waals surface area contributed by atoms with Crippen LogP contribution in [0.3, 0.4) is 0 Å². The van der Waals surface area contributed by atoms with Gasteiger partial charge in [0.05, 0.1) is 13.1 Å². The summed E-state index contributed by atoms with van der Waals surface area (Å²) in [4.78, 5) is 7.65. The Kier molecular flexibility index (Phi) is 4.06. The highest BCUT2D eigenvalue weighted by Gasteiger charge is 2.39. The average molecular weight is 292 g/mol. The molecule has 114 valence electrons. The molecule has 0 saturated carbocycles. The van der Waals surface area contributed by atoms with E-state index in [1.165, 1.54) is 4.90 Å². The summed E-state index contributed by atoms with van der Waals surface area (Å²) in [6.45, 7) is 6.49. The highest BCUT2D eigenvalue weighted by atomic mass is 19.4. The van der Waals surface area contributed by atoms with E-state index in [4.69, 9.17) is 4.52 Å². The van der Waals surface area contributed by atoms with Crippen LogP contribution in [-0.4, -0.2) is 57.8 Å². The molecule has 0 spiro atoms. The minimum Gasteiger partial charge on any atom is -0.338 e. The third kappa shape index (κ3) is 3.92. The molecule has 0 unspecified atom stereocenters. The number of halogens is 3. The Morgan fingerprint density at radius 2 is 2.00 bits per heavy atom. The normalized spacial score (nSPS) is 21.3. The zero-order valence-corrected chi connectivity index (χ0v) is 11.9. The van der Waals surface area contributed by atoms with Crippen LogP contribution in [0.4, 0.5) is 13.2 Å². The quantitative estimate of drug-likeness (QED) is 0.850. The predicted molar refractivity (Wildman–Crippen MR) is 66.0 cm³/mol. The number of rotatable bonds is 3. The van der Waals surface area contributed by atoms with E-state index in [2.05, 4.69) is 15.0 Å². The molecule has 0 aliphatic carbocycles. The van der Waals surface area contributed by atoms with Crippen molar-refractivity contribution in [2.45, 2.75) is 39.0 Å². The first-order chi connectivity index (χ1) is 9.16. The maximum Gasteiger partial charge on any atom is 0.401 e. The first-order valence-electron chi connectivity index (χ1n) is 6.49. The summed E-state index contributed by atoms with van der Waals surface area (Å²) in [5.74, 6) is 1.06. The van der Waals surface area contributed by atoms with Crippen molar-refractivity contribution in [2.75, 3.05) is 26.2 Å². The number of aromatic nitrogens is 2. The maximum atomic E-state index is 12.5. The van der Waals surface area contributed by atoms with Crippen LogP contribution in [0, 0.1) is 6.92 Å². The van der Waals surface area contributed by atoms with Crippen molar-refractivity contribution < 1.29 is 17.7 Å². The molecule has 0 atom stereocenters. The lowest BCUT2D eigenvalue weighted by molar-refractivity contribution is -0.155. The molecule has 8 heteroatoms. The van der Waals surface area contributed by atoms with E-state index < -0.39 is 12.7 Å². The molecule has 0 amide bonds. The van der Waals surface area contributed by atoms with Crippen LogP contribution >= 0.6 is 0 Å². The Hall–Kier alpha value is -1.15. The molecule has 1 aromatic rings. The van der Waals surface area contributed by atoms with E-state index >= 15 is 0 Å². The lowest BCUT2D eigenvalue weighted by Gasteiger charge is -2.46. The molecule has 1 aliphatic rings. The van der Waals surface area contributed by atoms with E-state index in [0.717, 1.165) is 0 Å². The van der Waals surface area contributed by atoms with Gasteiger partial charge in [0.1, 0.15) is 0 Å². The fourth-order valence-electron chi connectivity index (χ4n) is 2.54. The Labute approximate surface area is 115 Å². The second-order valence-corrected chi connectivity index (χ2v) is 5.80. The van der Waals surface area contributed by atoms with Gasteiger partial charge in [-0.1, -0.05) is 5.16 Å². The fraction of sp³-hybridized carbons (Fsp3) is 0.833. The third-order valence-electron chi connectivity index (χ3n) is 3.45. The lowest BCUT2D eigenvalue weighted by atomic mass is 9.98. The number of aryl methyl sites for hydroxylation is 1. The molecule has 0 bridgehead atoms. The molecule has 1 fully saturated rings. The molecular weight excluding hydrogens is 273 g/mol. The van der Waals surface area contributed by atoms with Crippen molar-refractivity contribution in [3.05, 3.63) is 11.7 Å². The van der Waals surface area contributed by atoms with Gasteiger partial charge in [-0.15, -0.1) is 0 Å². The molecule has 1 aromatic heterocycles. The van der Waals surface area contributed by atoms with Crippen LogP contribution in [0.15, 0.2) is 4.52 Å². The van der Waals surface area contributed by atoms with E-state index in [-0.39, 0.29) is 5.54 Å². The highest BCUT2D eigenvalue weighted by molar-refractivity contribution is 4.93. The second-order valence-electron chi connectivity index (χ2n) is 5.80. The van der Waals surface area contributed by atoms with E-state index in [1.54, 1.807) is 6.92 Å². The van der Waals surface area contributed by atoms with Crippen LogP contribution in [0.1, 0.15) is 25.6 Å². The monoisotopic (exact) mass is 292 g/mol. The highest BCUT2D eigenvalue weighted by Crippen LogP contribution is 2.25. The Morgan fingerprint density at radius 3 is 2.50 bits per heavy atom. The molecule has 2 heterocycles. The van der Waals surface area contributed by atoms with Crippen LogP contribution in [0.5, 0.6) is 0 Å². The smallest absolute Gasteiger partial charge is 0.338 e. The van der Waals surface area contributed by atoms with Gasteiger partial charge in [0.2, 0.25) is 5.89 Å². The number of alkyl halides is 3. The van der Waals surface area contributed by atoms with Crippen molar-refractivity contribution in [3.63, 3.8) is 0 Å². The third-order valence-corrected chi connectivity index (χ3v) is 3.45. The first-order valence-corrected chi connectivity index (χ1v) is 6.49. The zero-order valence-electron chi connectivity index (χ0n) is 11.9. The van der Waals surface area contributed by atoms with Gasteiger partial charge < -0.3 is 4.52 Å². The summed E-state index contributed by atoms with van der Waals surface area (Å²) in [6.07, 6.45) is -4.15. The van der Waals surface area contributed by atoms with Crippen molar-refractivity contribution in [2.24, 2.45) is 0 Å². The van der Waals surface area contributed by atoms with Gasteiger partial charge >= 0.3 is 6.18 Å². The summed E-state index contributed by atoms with van der Waals surface area (Å²) < 4.78 is 42.4. The number of nitrogens with zero attached hydrogens (tertiary/aromatic N) is 4. The summed E-state index contributed by atoms with van der Waals surface area (Å²) in [5, 5.41) is 3.72. The molecule has 20 heavy (non-hydrogen) atoms. The van der Waals surface area contributed by atoms with Crippen molar-refractivity contribution in [3.8, 4) is 0 Å². The SMILES string of the molecule is Cc1noc(CN2CCN(CC(F)(F)F)CC2(C)C)n1. The molecule has 0 radical (unpaired) electrons. The Bertz CT molecular complexity index is 458. The standard InChI is InChI=1S/C12H19F3N4O/c1-9-16-10(20-17-9)6-19-5-4-18(7-11(19,2)3)8-12(13,14)15/h4-8H2,1-3H3. The topological polar surface area (TPSA) is 45.4 Å². The summed E-state index contributed by atoms with van der Waals surface area (Å²) in [5.41, 5.74) is -0.369. The van der Waals surface area contributed by atoms with Gasteiger partial charge in [0.15, 0.2) is 5.82 Å². The van der Waals surface area contributed by atoms with Crippen LogP contribution in [0.25, 0.3) is 0 Å². The van der Waals surface area contributed by atoms with Gasteiger partial charge in [0, 0.05) is 25.2 Å². The Morgan fingerprint density at radius 1 is 1.30 bits per heavy atom. The van der Waals surface area contributed by atoms with Crippen molar-refractivity contribution in [1.82, 2.24) is 19.9 Å². The van der Waals surface area contributed by atoms with Crippen LogP contribution in [-0.2, 0) is 6.54 Å². The van der Waals surface area contributed by atoms with Crippen LogP contribution < -0.4 is 0 Å². The minimum atomic E-state index is -4.15. The summed E-state index contributed by atoms with van der Waals surface area (Å²) in [6, 6.07) is 0. The maximum absolute atomic E-state index is 12.5. The average Bonchev–Trinajstić information content (AvgIpc) is 2.65. The minimum absolute atomic E-state index is 0.361. The number of piperazine rings is 1. The van der Waals surface area contributed by atoms with Crippen LogP contribution in [0.2, 0.25) is 0 Å². The molecule has 0 N–H and O–H groups in total. The first kappa shape index (κ1) is 15.2. The number of hydrogen-bond donors (Lipinski definition) is 0. The molecule has 5 nitrogen and oxygen atoms in total. The molecule has 0 aromatic carbocycles. The fourth-order valence-corrected chi connectivity index (χ4v) is 2.54. The summed E-state index contributed by atoms with van der Waals surface area (Å²) in [7, 11) is 0. The summed E-state index contributed by atoms with van der Waals surface area (Å²) >= 11 is 0. The van der Waals surface area contributed by atoms with Crippen molar-refractivity contribution in [1.29, 1.82) is 0 Å². The van der Waals surface area contributed by atoms with Gasteiger partial charge in [-0.25, -0.2) is 0 Å². The molecule has 2 rings (SSSR count). The van der Waals surface area contributed by atoms with E-state index in [1.807, 2.05) is 13.8 Å².